The summed E-state index contributed by atoms with van der Waals surface area (Å²) >= 11 is 0. The molecule has 0 bridgehead atoms. The van der Waals surface area contributed by atoms with Gasteiger partial charge in [0.2, 0.25) is 21.7 Å². The first kappa shape index (κ1) is 15.1. The Morgan fingerprint density at radius 3 is 2.63 bits per heavy atom. The number of sulfonamides is 1. The number of aromatic nitrogens is 1. The minimum Gasteiger partial charge on any atom is -0.481 e. The third-order valence-corrected chi connectivity index (χ3v) is 2.76. The minimum atomic E-state index is -3.29. The van der Waals surface area contributed by atoms with E-state index in [0.29, 0.717) is 0 Å². The van der Waals surface area contributed by atoms with Crippen molar-refractivity contribution in [3.63, 3.8) is 0 Å². The van der Waals surface area contributed by atoms with Gasteiger partial charge in [-0.25, -0.2) is 13.1 Å². The summed E-state index contributed by atoms with van der Waals surface area (Å²) in [6.45, 7) is 0.253. The monoisotopic (exact) mass is 290 g/mol. The van der Waals surface area contributed by atoms with Gasteiger partial charge in [-0.1, -0.05) is 0 Å². The average Bonchev–Trinajstić information content (AvgIpc) is 2.33. The quantitative estimate of drug-likeness (QED) is 0.410. The molecule has 10 heteroatoms. The molecule has 0 radical (unpaired) electrons. The molecule has 0 saturated carbocycles. The number of hydrogen-bond donors (Lipinski definition) is 2. The number of ether oxygens (including phenoxy) is 1. The second-order valence-electron chi connectivity index (χ2n) is 3.57. The van der Waals surface area contributed by atoms with E-state index in [1.54, 1.807) is 0 Å². The van der Waals surface area contributed by atoms with Gasteiger partial charge >= 0.3 is 5.69 Å². The van der Waals surface area contributed by atoms with Crippen molar-refractivity contribution < 1.29 is 18.1 Å². The first-order chi connectivity index (χ1) is 8.83. The predicted octanol–water partition coefficient (Wildman–Crippen LogP) is -0.0405. The van der Waals surface area contributed by atoms with Crippen LogP contribution in [0.5, 0.6) is 5.88 Å². The molecular formula is C9H14N4O5S. The van der Waals surface area contributed by atoms with E-state index in [4.69, 9.17) is 4.74 Å². The molecule has 1 aromatic rings. The summed E-state index contributed by atoms with van der Waals surface area (Å²) in [6, 6.07) is 2.64. The molecule has 9 nitrogen and oxygen atoms in total. The van der Waals surface area contributed by atoms with E-state index in [0.717, 1.165) is 6.26 Å². The summed E-state index contributed by atoms with van der Waals surface area (Å²) in [5.41, 5.74) is -0.208. The fraction of sp³-hybridized carbons (Fsp3) is 0.444. The lowest BCUT2D eigenvalue weighted by atomic mass is 10.4. The summed E-state index contributed by atoms with van der Waals surface area (Å²) < 4.78 is 28.8. The number of pyridine rings is 1. The molecule has 0 atom stereocenters. The van der Waals surface area contributed by atoms with Gasteiger partial charge in [0.25, 0.3) is 0 Å². The zero-order chi connectivity index (χ0) is 14.5. The Labute approximate surface area is 110 Å². The largest absolute Gasteiger partial charge is 0.481 e. The lowest BCUT2D eigenvalue weighted by molar-refractivity contribution is -0.384. The van der Waals surface area contributed by atoms with Gasteiger partial charge in [-0.3, -0.25) is 10.1 Å². The van der Waals surface area contributed by atoms with Crippen LogP contribution < -0.4 is 14.8 Å². The van der Waals surface area contributed by atoms with Crippen LogP contribution in [-0.2, 0) is 10.0 Å². The third-order valence-electron chi connectivity index (χ3n) is 2.04. The van der Waals surface area contributed by atoms with Gasteiger partial charge in [-0.15, -0.1) is 0 Å². The Kier molecular flexibility index (Phi) is 5.01. The molecule has 1 rings (SSSR count). The van der Waals surface area contributed by atoms with Crippen LogP contribution in [0, 0.1) is 10.1 Å². The van der Waals surface area contributed by atoms with E-state index in [2.05, 4.69) is 15.0 Å². The Morgan fingerprint density at radius 2 is 2.11 bits per heavy atom. The zero-order valence-electron chi connectivity index (χ0n) is 10.4. The van der Waals surface area contributed by atoms with Gasteiger partial charge in [-0.2, -0.15) is 4.98 Å². The molecule has 0 spiro atoms. The van der Waals surface area contributed by atoms with Gasteiger partial charge in [0, 0.05) is 25.2 Å². The van der Waals surface area contributed by atoms with Crippen molar-refractivity contribution in [2.45, 2.75) is 0 Å². The van der Waals surface area contributed by atoms with E-state index in [-0.39, 0.29) is 30.5 Å². The van der Waals surface area contributed by atoms with E-state index in [9.17, 15) is 18.5 Å². The minimum absolute atomic E-state index is 0.0275. The van der Waals surface area contributed by atoms with Crippen LogP contribution in [0.1, 0.15) is 0 Å². The fourth-order valence-electron chi connectivity index (χ4n) is 1.24. The van der Waals surface area contributed by atoms with Gasteiger partial charge in [0.1, 0.15) is 0 Å². The van der Waals surface area contributed by atoms with Gasteiger partial charge < -0.3 is 10.1 Å². The first-order valence-electron chi connectivity index (χ1n) is 5.21. The molecule has 0 aliphatic heterocycles. The van der Waals surface area contributed by atoms with Gasteiger partial charge in [0.05, 0.1) is 18.3 Å². The number of nitrogens with zero attached hydrogens (tertiary/aromatic N) is 2. The second kappa shape index (κ2) is 6.29. The average molecular weight is 290 g/mol. The molecule has 0 saturated heterocycles. The normalized spacial score (nSPS) is 11.1. The van der Waals surface area contributed by atoms with Crippen molar-refractivity contribution >= 4 is 21.5 Å². The van der Waals surface area contributed by atoms with Crippen LogP contribution in [0.3, 0.4) is 0 Å². The van der Waals surface area contributed by atoms with Crippen molar-refractivity contribution in [2.75, 3.05) is 31.8 Å². The van der Waals surface area contributed by atoms with E-state index < -0.39 is 14.9 Å². The molecule has 0 unspecified atom stereocenters. The number of methoxy groups -OCH3 is 1. The maximum Gasteiger partial charge on any atom is 0.311 e. The van der Waals surface area contributed by atoms with Crippen LogP contribution in [0.15, 0.2) is 12.1 Å². The summed E-state index contributed by atoms with van der Waals surface area (Å²) in [7, 11) is -1.89. The molecular weight excluding hydrogens is 276 g/mol. The Bertz CT molecular complexity index is 560. The third kappa shape index (κ3) is 5.06. The predicted molar refractivity (Wildman–Crippen MR) is 68.8 cm³/mol. The van der Waals surface area contributed by atoms with E-state index in [1.165, 1.54) is 19.2 Å². The van der Waals surface area contributed by atoms with Crippen LogP contribution in [0.25, 0.3) is 0 Å². The first-order valence-corrected chi connectivity index (χ1v) is 7.10. The highest BCUT2D eigenvalue weighted by molar-refractivity contribution is 7.88. The molecule has 2 N–H and O–H groups in total. The molecule has 0 fully saturated rings. The smallest absolute Gasteiger partial charge is 0.311 e. The molecule has 19 heavy (non-hydrogen) atoms. The highest BCUT2D eigenvalue weighted by atomic mass is 32.2. The number of nitrogens with one attached hydrogen (secondary N) is 2. The van der Waals surface area contributed by atoms with E-state index >= 15 is 0 Å². The number of anilines is 1. The second-order valence-corrected chi connectivity index (χ2v) is 5.40. The highest BCUT2D eigenvalue weighted by Crippen LogP contribution is 2.24. The SMILES string of the molecule is COc1ccc([N+](=O)[O-])c(NCCNS(C)(=O)=O)n1. The van der Waals surface area contributed by atoms with Crippen molar-refractivity contribution in [1.29, 1.82) is 0 Å². The maximum atomic E-state index is 10.8. The van der Waals surface area contributed by atoms with Crippen LogP contribution in [0.2, 0.25) is 0 Å². The lowest BCUT2D eigenvalue weighted by Crippen LogP contribution is -2.27. The molecule has 1 heterocycles. The molecule has 1 aromatic heterocycles. The van der Waals surface area contributed by atoms with E-state index in [1.807, 2.05) is 0 Å². The number of nitro groups is 1. The molecule has 0 amide bonds. The van der Waals surface area contributed by atoms with Crippen molar-refractivity contribution in [2.24, 2.45) is 0 Å². The van der Waals surface area contributed by atoms with Crippen LogP contribution >= 0.6 is 0 Å². The molecule has 106 valence electrons. The Morgan fingerprint density at radius 1 is 1.42 bits per heavy atom. The molecule has 0 aliphatic carbocycles. The zero-order valence-corrected chi connectivity index (χ0v) is 11.2. The number of rotatable bonds is 7. The standard InChI is InChI=1S/C9H14N4O5S/c1-18-8-4-3-7(13(14)15)9(12-8)10-5-6-11-19(2,16)17/h3-4,11H,5-6H2,1-2H3,(H,10,12). The lowest BCUT2D eigenvalue weighted by Gasteiger charge is -2.07. The van der Waals surface area contributed by atoms with Crippen molar-refractivity contribution in [3.8, 4) is 5.88 Å². The highest BCUT2D eigenvalue weighted by Gasteiger charge is 2.15. The Hall–Kier alpha value is -1.94. The molecule has 0 aromatic carbocycles. The van der Waals surface area contributed by atoms with Gasteiger partial charge in [-0.05, 0) is 0 Å². The summed E-state index contributed by atoms with van der Waals surface area (Å²) in [5, 5.41) is 13.5. The van der Waals surface area contributed by atoms with Crippen molar-refractivity contribution in [3.05, 3.63) is 22.2 Å². The van der Waals surface area contributed by atoms with Crippen LogP contribution in [-0.4, -0.2) is 44.8 Å². The Balaban J connectivity index is 2.72. The van der Waals surface area contributed by atoms with Crippen LogP contribution in [0.4, 0.5) is 11.5 Å². The fourth-order valence-corrected chi connectivity index (χ4v) is 1.72. The van der Waals surface area contributed by atoms with Crippen molar-refractivity contribution in [1.82, 2.24) is 9.71 Å². The summed E-state index contributed by atoms with van der Waals surface area (Å²) in [6.07, 6.45) is 1.03. The summed E-state index contributed by atoms with van der Waals surface area (Å²) in [4.78, 5) is 14.1. The summed E-state index contributed by atoms with van der Waals surface area (Å²) in [5.74, 6) is 0.254. The van der Waals surface area contributed by atoms with Gasteiger partial charge in [0.15, 0.2) is 0 Å². The topological polar surface area (TPSA) is 123 Å². The number of hydrogen-bond acceptors (Lipinski definition) is 7. The molecule has 0 aliphatic rings. The maximum absolute atomic E-state index is 10.8.